The van der Waals surface area contributed by atoms with E-state index in [9.17, 15) is 0 Å². The van der Waals surface area contributed by atoms with Gasteiger partial charge in [0.15, 0.2) is 0 Å². The Balaban J connectivity index is 1.45. The Morgan fingerprint density at radius 2 is 1.88 bits per heavy atom. The van der Waals surface area contributed by atoms with Crippen molar-refractivity contribution in [3.63, 3.8) is 0 Å². The van der Waals surface area contributed by atoms with E-state index in [0.29, 0.717) is 0 Å². The van der Waals surface area contributed by atoms with Gasteiger partial charge in [-0.3, -0.25) is 0 Å². The highest BCUT2D eigenvalue weighted by atomic mass is 16.5. The number of nitrogens with one attached hydrogen (secondary N) is 1. The third-order valence-electron chi connectivity index (χ3n) is 4.44. The molecular weight excluding hydrogens is 300 g/mol. The van der Waals surface area contributed by atoms with E-state index in [1.165, 1.54) is 24.8 Å². The van der Waals surface area contributed by atoms with E-state index in [4.69, 9.17) is 4.74 Å². The van der Waals surface area contributed by atoms with Gasteiger partial charge in [-0.05, 0) is 49.8 Å². The monoisotopic (exact) mass is 326 g/mol. The molecule has 5 nitrogen and oxygen atoms in total. The van der Waals surface area contributed by atoms with Crippen LogP contribution in [0.5, 0.6) is 5.75 Å². The number of anilines is 2. The standard InChI is InChI=1S/C19H26N4O/c1-24-17-9-7-16(8-10-17)6-5-11-20-18-14-19(22-15-21-18)23-12-3-2-4-13-23/h7-10,14-15H,2-6,11-13H2,1H3,(H,20,21,22). The Kier molecular flexibility index (Phi) is 5.88. The van der Waals surface area contributed by atoms with Gasteiger partial charge in [0.25, 0.3) is 0 Å². The van der Waals surface area contributed by atoms with Crippen molar-refractivity contribution < 1.29 is 4.74 Å². The Morgan fingerprint density at radius 1 is 1.08 bits per heavy atom. The van der Waals surface area contributed by atoms with Crippen LogP contribution in [-0.2, 0) is 6.42 Å². The summed E-state index contributed by atoms with van der Waals surface area (Å²) in [6.45, 7) is 3.12. The van der Waals surface area contributed by atoms with Gasteiger partial charge in [-0.15, -0.1) is 0 Å². The van der Waals surface area contributed by atoms with Crippen molar-refractivity contribution in [1.82, 2.24) is 9.97 Å². The van der Waals surface area contributed by atoms with Crippen molar-refractivity contribution in [2.75, 3.05) is 37.0 Å². The molecule has 0 spiro atoms. The van der Waals surface area contributed by atoms with Crippen LogP contribution in [-0.4, -0.2) is 36.7 Å². The summed E-state index contributed by atoms with van der Waals surface area (Å²) in [6.07, 6.45) is 7.62. The first-order chi connectivity index (χ1) is 11.8. The number of hydrogen-bond acceptors (Lipinski definition) is 5. The molecule has 1 aliphatic heterocycles. The molecule has 0 radical (unpaired) electrons. The second kappa shape index (κ2) is 8.52. The second-order valence-corrected chi connectivity index (χ2v) is 6.19. The van der Waals surface area contributed by atoms with Crippen LogP contribution in [0.3, 0.4) is 0 Å². The summed E-state index contributed by atoms with van der Waals surface area (Å²) in [5.41, 5.74) is 1.33. The molecule has 2 aromatic rings. The Bertz CT molecular complexity index is 624. The van der Waals surface area contributed by atoms with Crippen molar-refractivity contribution in [2.24, 2.45) is 0 Å². The van der Waals surface area contributed by atoms with Crippen molar-refractivity contribution in [2.45, 2.75) is 32.1 Å². The van der Waals surface area contributed by atoms with Crippen LogP contribution in [0.15, 0.2) is 36.7 Å². The lowest BCUT2D eigenvalue weighted by molar-refractivity contribution is 0.414. The van der Waals surface area contributed by atoms with E-state index in [1.807, 2.05) is 12.1 Å². The molecular formula is C19H26N4O. The number of hydrogen-bond donors (Lipinski definition) is 1. The molecule has 0 saturated carbocycles. The van der Waals surface area contributed by atoms with Crippen molar-refractivity contribution in [3.05, 3.63) is 42.2 Å². The average molecular weight is 326 g/mol. The lowest BCUT2D eigenvalue weighted by Gasteiger charge is -2.27. The highest BCUT2D eigenvalue weighted by Gasteiger charge is 2.12. The van der Waals surface area contributed by atoms with Gasteiger partial charge in [0.1, 0.15) is 23.7 Å². The molecule has 0 aliphatic carbocycles. The number of methoxy groups -OCH3 is 1. The maximum absolute atomic E-state index is 5.18. The minimum absolute atomic E-state index is 0.905. The van der Waals surface area contributed by atoms with Crippen LogP contribution >= 0.6 is 0 Å². The van der Waals surface area contributed by atoms with Crippen molar-refractivity contribution in [1.29, 1.82) is 0 Å². The number of aromatic nitrogens is 2. The largest absolute Gasteiger partial charge is 0.497 e. The van der Waals surface area contributed by atoms with E-state index in [-0.39, 0.29) is 0 Å². The maximum Gasteiger partial charge on any atom is 0.134 e. The fraction of sp³-hybridized carbons (Fsp3) is 0.474. The number of ether oxygens (including phenoxy) is 1. The summed E-state index contributed by atoms with van der Waals surface area (Å²) < 4.78 is 5.18. The topological polar surface area (TPSA) is 50.3 Å². The fourth-order valence-corrected chi connectivity index (χ4v) is 3.04. The molecule has 1 saturated heterocycles. The zero-order valence-electron chi connectivity index (χ0n) is 14.4. The van der Waals surface area contributed by atoms with Crippen LogP contribution in [0, 0.1) is 0 Å². The summed E-state index contributed by atoms with van der Waals surface area (Å²) in [7, 11) is 1.69. The molecule has 0 atom stereocenters. The predicted molar refractivity (Wildman–Crippen MR) is 97.9 cm³/mol. The third kappa shape index (κ3) is 4.60. The van der Waals surface area contributed by atoms with Gasteiger partial charge < -0.3 is 15.0 Å². The van der Waals surface area contributed by atoms with E-state index in [2.05, 4.69) is 38.4 Å². The van der Waals surface area contributed by atoms with Crippen LogP contribution < -0.4 is 15.0 Å². The maximum atomic E-state index is 5.18. The number of benzene rings is 1. The summed E-state index contributed by atoms with van der Waals surface area (Å²) in [6, 6.07) is 10.3. The van der Waals surface area contributed by atoms with Gasteiger partial charge in [0.2, 0.25) is 0 Å². The summed E-state index contributed by atoms with van der Waals surface area (Å²) in [5.74, 6) is 2.87. The van der Waals surface area contributed by atoms with E-state index < -0.39 is 0 Å². The molecule has 1 aromatic heterocycles. The minimum atomic E-state index is 0.905. The highest BCUT2D eigenvalue weighted by Crippen LogP contribution is 2.19. The predicted octanol–water partition coefficient (Wildman–Crippen LogP) is 3.52. The van der Waals surface area contributed by atoms with Crippen LogP contribution in [0.25, 0.3) is 0 Å². The molecule has 1 aliphatic rings. The van der Waals surface area contributed by atoms with Crippen LogP contribution in [0.2, 0.25) is 0 Å². The number of aryl methyl sites for hydroxylation is 1. The van der Waals surface area contributed by atoms with Crippen molar-refractivity contribution in [3.8, 4) is 5.75 Å². The molecule has 3 rings (SSSR count). The highest BCUT2D eigenvalue weighted by molar-refractivity contribution is 5.48. The first kappa shape index (κ1) is 16.6. The molecule has 0 amide bonds. The van der Waals surface area contributed by atoms with Gasteiger partial charge in [-0.2, -0.15) is 0 Å². The summed E-state index contributed by atoms with van der Waals surface area (Å²) >= 11 is 0. The van der Waals surface area contributed by atoms with Gasteiger partial charge in [-0.25, -0.2) is 9.97 Å². The molecule has 5 heteroatoms. The SMILES string of the molecule is COc1ccc(CCCNc2cc(N3CCCCC3)ncn2)cc1. The molecule has 24 heavy (non-hydrogen) atoms. The third-order valence-corrected chi connectivity index (χ3v) is 4.44. The summed E-state index contributed by atoms with van der Waals surface area (Å²) in [4.78, 5) is 11.1. The molecule has 0 bridgehead atoms. The van der Waals surface area contributed by atoms with Crippen LogP contribution in [0.1, 0.15) is 31.2 Å². The lowest BCUT2D eigenvalue weighted by atomic mass is 10.1. The van der Waals surface area contributed by atoms with Crippen LogP contribution in [0.4, 0.5) is 11.6 Å². The number of piperidine rings is 1. The van der Waals surface area contributed by atoms with Gasteiger partial charge >= 0.3 is 0 Å². The first-order valence-corrected chi connectivity index (χ1v) is 8.79. The minimum Gasteiger partial charge on any atom is -0.497 e. The molecule has 2 heterocycles. The fourth-order valence-electron chi connectivity index (χ4n) is 3.04. The number of nitrogens with zero attached hydrogens (tertiary/aromatic N) is 3. The molecule has 0 unspecified atom stereocenters. The zero-order valence-corrected chi connectivity index (χ0v) is 14.4. The molecule has 128 valence electrons. The number of rotatable bonds is 7. The first-order valence-electron chi connectivity index (χ1n) is 8.79. The Hall–Kier alpha value is -2.30. The normalized spacial score (nSPS) is 14.5. The van der Waals surface area contributed by atoms with Gasteiger partial charge in [0.05, 0.1) is 7.11 Å². The average Bonchev–Trinajstić information content (AvgIpc) is 2.67. The van der Waals surface area contributed by atoms with Gasteiger partial charge in [0, 0.05) is 25.7 Å². The Labute approximate surface area is 144 Å². The van der Waals surface area contributed by atoms with E-state index in [0.717, 1.165) is 49.9 Å². The molecule has 1 aromatic carbocycles. The quantitative estimate of drug-likeness (QED) is 0.789. The van der Waals surface area contributed by atoms with Crippen molar-refractivity contribution >= 4 is 11.6 Å². The van der Waals surface area contributed by atoms with E-state index in [1.54, 1.807) is 13.4 Å². The Morgan fingerprint density at radius 3 is 2.62 bits per heavy atom. The smallest absolute Gasteiger partial charge is 0.134 e. The lowest BCUT2D eigenvalue weighted by Crippen LogP contribution is -2.30. The van der Waals surface area contributed by atoms with E-state index >= 15 is 0 Å². The summed E-state index contributed by atoms with van der Waals surface area (Å²) in [5, 5.41) is 3.41. The zero-order chi connectivity index (χ0) is 16.6. The second-order valence-electron chi connectivity index (χ2n) is 6.19. The van der Waals surface area contributed by atoms with Gasteiger partial charge in [-0.1, -0.05) is 12.1 Å². The molecule has 1 fully saturated rings. The molecule has 1 N–H and O–H groups in total.